The number of hydrogen-bond donors (Lipinski definition) is 2. The summed E-state index contributed by atoms with van der Waals surface area (Å²) in [6, 6.07) is 1.06. The van der Waals surface area contributed by atoms with Crippen molar-refractivity contribution in [2.75, 3.05) is 13.0 Å². The van der Waals surface area contributed by atoms with E-state index in [9.17, 15) is 8.78 Å². The van der Waals surface area contributed by atoms with Crippen LogP contribution in [0.2, 0.25) is 0 Å². The summed E-state index contributed by atoms with van der Waals surface area (Å²) in [6.07, 6.45) is 0. The number of nitrogens with one attached hydrogen (secondary N) is 1. The Balaban J connectivity index is 2.97. The molecule has 0 saturated carbocycles. The molecule has 0 amide bonds. The Bertz CT molecular complexity index is 590. The van der Waals surface area contributed by atoms with Gasteiger partial charge in [0.25, 0.3) is 0 Å². The summed E-state index contributed by atoms with van der Waals surface area (Å²) in [5.41, 5.74) is 0.177. The van der Waals surface area contributed by atoms with Gasteiger partial charge in [0.1, 0.15) is 5.52 Å². The van der Waals surface area contributed by atoms with Crippen molar-refractivity contribution < 1.29 is 13.5 Å². The predicted molar refractivity (Wildman–Crippen MR) is 53.7 cm³/mol. The molecule has 7 heteroatoms. The van der Waals surface area contributed by atoms with Crippen molar-refractivity contribution in [2.24, 2.45) is 0 Å². The first-order valence-corrected chi connectivity index (χ1v) is 4.39. The summed E-state index contributed by atoms with van der Waals surface area (Å²) >= 11 is 4.79. The lowest BCUT2D eigenvalue weighted by Crippen LogP contribution is -2.07. The maximum absolute atomic E-state index is 13.6. The molecular weight excluding hydrogens is 224 g/mol. The van der Waals surface area contributed by atoms with Gasteiger partial charge >= 0.3 is 0 Å². The average molecular weight is 231 g/mol. The number of imidazole rings is 1. The largest absolute Gasteiger partial charge is 0.491 e. The minimum Gasteiger partial charge on any atom is -0.491 e. The van der Waals surface area contributed by atoms with Crippen molar-refractivity contribution in [2.45, 2.75) is 0 Å². The quantitative estimate of drug-likeness (QED) is 0.580. The Morgan fingerprint density at radius 2 is 2.20 bits per heavy atom. The summed E-state index contributed by atoms with van der Waals surface area (Å²) in [6.45, 7) is 0. The summed E-state index contributed by atoms with van der Waals surface area (Å²) in [5.74, 6) is 3.35. The smallest absolute Gasteiger partial charge is 0.196 e. The van der Waals surface area contributed by atoms with Crippen molar-refractivity contribution in [3.8, 4) is 5.75 Å². The van der Waals surface area contributed by atoms with Gasteiger partial charge in [-0.05, 0) is 12.2 Å². The maximum atomic E-state index is 13.6. The van der Waals surface area contributed by atoms with Gasteiger partial charge < -0.3 is 15.6 Å². The van der Waals surface area contributed by atoms with Crippen LogP contribution in [0.5, 0.6) is 5.75 Å². The van der Waals surface area contributed by atoms with E-state index in [2.05, 4.69) is 9.72 Å². The Labute approximate surface area is 88.2 Å². The summed E-state index contributed by atoms with van der Waals surface area (Å²) < 4.78 is 32.6. The molecule has 4 nitrogen and oxygen atoms in total. The molecular formula is C8H7F2N3OS. The predicted octanol–water partition coefficient (Wildman–Crippen LogP) is 1.70. The lowest BCUT2D eigenvalue weighted by Gasteiger charge is -2.04. The fourth-order valence-electron chi connectivity index (χ4n) is 1.36. The van der Waals surface area contributed by atoms with E-state index in [4.69, 9.17) is 18.1 Å². The Kier molecular flexibility index (Phi) is 2.11. The van der Waals surface area contributed by atoms with Crippen LogP contribution in [0.3, 0.4) is 0 Å². The van der Waals surface area contributed by atoms with Crippen LogP contribution < -0.4 is 10.6 Å². The molecule has 80 valence electrons. The van der Waals surface area contributed by atoms with Gasteiger partial charge in [0.2, 0.25) is 0 Å². The van der Waals surface area contributed by atoms with Crippen molar-refractivity contribution in [3.63, 3.8) is 0 Å². The Morgan fingerprint density at radius 3 is 2.80 bits per heavy atom. The normalized spacial score (nSPS) is 10.9. The fourth-order valence-corrected chi connectivity index (χ4v) is 1.56. The molecule has 0 aliphatic rings. The van der Waals surface area contributed by atoms with Gasteiger partial charge in [-0.25, -0.2) is 13.5 Å². The standard InChI is InChI=1S/C8H7F2N3OS/c1-14-7-3(9)2-4-6(5(7)10)12-8(15)13(4)11/h2H,11H2,1H3,(H,12,15). The number of benzene rings is 1. The van der Waals surface area contributed by atoms with Crippen molar-refractivity contribution in [1.29, 1.82) is 0 Å². The number of halogens is 2. The zero-order valence-electron chi connectivity index (χ0n) is 7.67. The van der Waals surface area contributed by atoms with E-state index in [0.29, 0.717) is 0 Å². The van der Waals surface area contributed by atoms with Crippen LogP contribution in [0.25, 0.3) is 11.0 Å². The minimum absolute atomic E-state index is 0.0285. The number of rotatable bonds is 1. The number of nitrogen functional groups attached to an aromatic ring is 1. The van der Waals surface area contributed by atoms with Gasteiger partial charge in [-0.15, -0.1) is 0 Å². The second kappa shape index (κ2) is 3.20. The van der Waals surface area contributed by atoms with Gasteiger partial charge in [-0.1, -0.05) is 0 Å². The molecule has 15 heavy (non-hydrogen) atoms. The highest BCUT2D eigenvalue weighted by atomic mass is 32.1. The molecule has 1 aromatic heterocycles. The number of nitrogens with zero attached hydrogens (tertiary/aromatic N) is 1. The minimum atomic E-state index is -0.845. The van der Waals surface area contributed by atoms with Gasteiger partial charge in [0, 0.05) is 6.07 Å². The van der Waals surface area contributed by atoms with E-state index in [1.165, 1.54) is 7.11 Å². The van der Waals surface area contributed by atoms with Gasteiger partial charge in [-0.3, -0.25) is 0 Å². The Morgan fingerprint density at radius 1 is 1.53 bits per heavy atom. The second-order valence-corrected chi connectivity index (χ2v) is 3.29. The summed E-state index contributed by atoms with van der Waals surface area (Å²) in [4.78, 5) is 2.53. The lowest BCUT2D eigenvalue weighted by molar-refractivity contribution is 0.362. The molecule has 0 fully saturated rings. The van der Waals surface area contributed by atoms with Crippen LogP contribution in [0.15, 0.2) is 6.07 Å². The first kappa shape index (κ1) is 9.91. The molecule has 0 radical (unpaired) electrons. The number of ether oxygens (including phenoxy) is 1. The van der Waals surface area contributed by atoms with Crippen molar-refractivity contribution in [3.05, 3.63) is 22.5 Å². The third-order valence-electron chi connectivity index (χ3n) is 2.07. The third-order valence-corrected chi connectivity index (χ3v) is 2.37. The van der Waals surface area contributed by atoms with Crippen molar-refractivity contribution in [1.82, 2.24) is 9.66 Å². The van der Waals surface area contributed by atoms with Gasteiger partial charge in [-0.2, -0.15) is 0 Å². The lowest BCUT2D eigenvalue weighted by atomic mass is 10.2. The van der Waals surface area contributed by atoms with E-state index >= 15 is 0 Å². The van der Waals surface area contributed by atoms with E-state index in [1.807, 2.05) is 0 Å². The van der Waals surface area contributed by atoms with Gasteiger partial charge in [0.15, 0.2) is 22.2 Å². The van der Waals surface area contributed by atoms with E-state index in [0.717, 1.165) is 10.7 Å². The zero-order chi connectivity index (χ0) is 11.2. The van der Waals surface area contributed by atoms with Crippen LogP contribution in [0.4, 0.5) is 8.78 Å². The monoisotopic (exact) mass is 231 g/mol. The molecule has 0 atom stereocenters. The molecule has 0 saturated heterocycles. The summed E-state index contributed by atoms with van der Waals surface area (Å²) in [7, 11) is 1.18. The third kappa shape index (κ3) is 1.27. The van der Waals surface area contributed by atoms with Crippen LogP contribution in [-0.2, 0) is 0 Å². The molecule has 0 aliphatic carbocycles. The highest BCUT2D eigenvalue weighted by Crippen LogP contribution is 2.28. The topological polar surface area (TPSA) is 56.0 Å². The van der Waals surface area contributed by atoms with Crippen LogP contribution in [-0.4, -0.2) is 16.8 Å². The van der Waals surface area contributed by atoms with Crippen molar-refractivity contribution >= 4 is 23.3 Å². The highest BCUT2D eigenvalue weighted by molar-refractivity contribution is 7.71. The SMILES string of the molecule is COc1c(F)cc2c([nH]c(=S)n2N)c1F. The molecule has 0 unspecified atom stereocenters. The van der Waals surface area contributed by atoms with Crippen LogP contribution in [0, 0.1) is 16.4 Å². The summed E-state index contributed by atoms with van der Waals surface area (Å²) in [5, 5.41) is 0. The molecule has 2 rings (SSSR count). The van der Waals surface area contributed by atoms with E-state index in [-0.39, 0.29) is 15.8 Å². The first-order chi connectivity index (χ1) is 7.06. The first-order valence-electron chi connectivity index (χ1n) is 3.98. The molecule has 1 aromatic carbocycles. The number of nitrogens with two attached hydrogens (primary N) is 1. The number of methoxy groups -OCH3 is 1. The van der Waals surface area contributed by atoms with E-state index < -0.39 is 17.4 Å². The average Bonchev–Trinajstić information content (AvgIpc) is 2.46. The molecule has 0 aliphatic heterocycles. The molecule has 1 heterocycles. The molecule has 3 N–H and O–H groups in total. The van der Waals surface area contributed by atoms with E-state index in [1.54, 1.807) is 0 Å². The zero-order valence-corrected chi connectivity index (χ0v) is 8.49. The van der Waals surface area contributed by atoms with Gasteiger partial charge in [0.05, 0.1) is 12.6 Å². The molecule has 2 aromatic rings. The number of hydrogen-bond acceptors (Lipinski definition) is 3. The highest BCUT2D eigenvalue weighted by Gasteiger charge is 2.17. The second-order valence-electron chi connectivity index (χ2n) is 2.90. The molecule has 0 bridgehead atoms. The maximum Gasteiger partial charge on any atom is 0.196 e. The number of aromatic amines is 1. The van der Waals surface area contributed by atoms with Crippen LogP contribution >= 0.6 is 12.2 Å². The molecule has 0 spiro atoms. The number of fused-ring (bicyclic) bond motifs is 1. The number of aromatic nitrogens is 2. The number of H-pyrrole nitrogens is 1. The fraction of sp³-hybridized carbons (Fsp3) is 0.125. The Hall–Kier alpha value is -1.63. The van der Waals surface area contributed by atoms with Crippen LogP contribution in [0.1, 0.15) is 0 Å².